The Balaban J connectivity index is 3.80. The van der Waals surface area contributed by atoms with Crippen LogP contribution in [0, 0.1) is 11.3 Å². The molecule has 0 aliphatic carbocycles. The van der Waals surface area contributed by atoms with Gasteiger partial charge in [0.05, 0.1) is 12.1 Å². The Bertz CT molecular complexity index is 120. The van der Waals surface area contributed by atoms with Crippen LogP contribution in [0.2, 0.25) is 6.04 Å². The summed E-state index contributed by atoms with van der Waals surface area (Å²) in [4.78, 5) is 0. The summed E-state index contributed by atoms with van der Waals surface area (Å²) in [5.41, 5.74) is 0. The molecule has 0 fully saturated rings. The van der Waals surface area contributed by atoms with Crippen LogP contribution in [0.15, 0.2) is 0 Å². The van der Waals surface area contributed by atoms with Crippen molar-refractivity contribution in [3.63, 3.8) is 0 Å². The lowest BCUT2D eigenvalue weighted by Gasteiger charge is -2.15. The molecule has 0 aromatic heterocycles. The van der Waals surface area contributed by atoms with Gasteiger partial charge in [0.15, 0.2) is 0 Å². The Labute approximate surface area is 63.4 Å². The van der Waals surface area contributed by atoms with Crippen LogP contribution in [0.4, 0.5) is 0 Å². The predicted molar refractivity (Wildman–Crippen MR) is 39.1 cm³/mol. The van der Waals surface area contributed by atoms with E-state index in [0.717, 1.165) is 0 Å². The van der Waals surface area contributed by atoms with Gasteiger partial charge in [0.25, 0.3) is 0 Å². The van der Waals surface area contributed by atoms with E-state index in [1.807, 2.05) is 6.07 Å². The monoisotopic (exact) mass is 209 g/mol. The van der Waals surface area contributed by atoms with Gasteiger partial charge in [-0.2, -0.15) is 5.26 Å². The fraction of sp³-hybridized carbons (Fsp3) is 0.750. The van der Waals surface area contributed by atoms with Gasteiger partial charge in [0, 0.05) is 14.2 Å². The van der Waals surface area contributed by atoms with Crippen molar-refractivity contribution in [3.05, 3.63) is 0 Å². The summed E-state index contributed by atoms with van der Waals surface area (Å²) >= 11 is 3.22. The zero-order valence-electron chi connectivity index (χ0n) is 5.35. The number of nitriles is 1. The third kappa shape index (κ3) is 2.96. The lowest BCUT2D eigenvalue weighted by atomic mass is 10.9. The van der Waals surface area contributed by atoms with Gasteiger partial charge in [0.1, 0.15) is 0 Å². The number of rotatable bonds is 3. The maximum absolute atomic E-state index is 8.26. The zero-order valence-corrected chi connectivity index (χ0v) is 7.93. The van der Waals surface area contributed by atoms with E-state index in [0.29, 0.717) is 6.04 Å². The first kappa shape index (κ1) is 9.11. The summed E-state index contributed by atoms with van der Waals surface area (Å²) in [6.45, 7) is 0. The molecule has 0 atom stereocenters. The van der Waals surface area contributed by atoms with Crippen LogP contribution in [-0.2, 0) is 8.85 Å². The smallest absolute Gasteiger partial charge is 0.389 e. The Morgan fingerprint density at radius 3 is 2.11 bits per heavy atom. The van der Waals surface area contributed by atoms with Crippen molar-refractivity contribution >= 4 is 22.5 Å². The highest BCUT2D eigenvalue weighted by atomic mass is 79.9. The molecule has 0 saturated heterocycles. The van der Waals surface area contributed by atoms with Crippen LogP contribution in [0.3, 0.4) is 0 Å². The molecule has 9 heavy (non-hydrogen) atoms. The molecule has 0 amide bonds. The predicted octanol–water partition coefficient (Wildman–Crippen LogP) is 1.14. The molecule has 0 heterocycles. The number of halogens is 1. The molecule has 0 spiro atoms. The van der Waals surface area contributed by atoms with Gasteiger partial charge in [-0.3, -0.25) is 0 Å². The summed E-state index contributed by atoms with van der Waals surface area (Å²) in [6.07, 6.45) is 0. The molecule has 0 aliphatic heterocycles. The van der Waals surface area contributed by atoms with E-state index >= 15 is 0 Å². The normalized spacial score (nSPS) is 10.9. The topological polar surface area (TPSA) is 42.2 Å². The maximum Gasteiger partial charge on any atom is 0.428 e. The average molecular weight is 210 g/mol. The third-order valence-electron chi connectivity index (χ3n) is 0.900. The first-order valence-electron chi connectivity index (χ1n) is 2.34. The molecule has 0 aromatic rings. The van der Waals surface area contributed by atoms with Gasteiger partial charge < -0.3 is 8.85 Å². The number of hydrogen-bond donors (Lipinski definition) is 0. The average Bonchev–Trinajstić information content (AvgIpc) is 1.89. The summed E-state index contributed by atoms with van der Waals surface area (Å²) < 4.78 is 9.88. The highest BCUT2D eigenvalue weighted by molar-refractivity contribution is 9.25. The molecule has 52 valence electrons. The van der Waals surface area contributed by atoms with E-state index in [1.54, 1.807) is 0 Å². The summed E-state index contributed by atoms with van der Waals surface area (Å²) in [5.74, 6) is 0. The van der Waals surface area contributed by atoms with Gasteiger partial charge in [0.2, 0.25) is 0 Å². The highest BCUT2D eigenvalue weighted by Gasteiger charge is 2.31. The molecule has 0 rings (SSSR count). The molecular weight excluding hydrogens is 202 g/mol. The number of nitrogens with zero attached hydrogens (tertiary/aromatic N) is 1. The van der Waals surface area contributed by atoms with Crippen molar-refractivity contribution in [2.45, 2.75) is 6.04 Å². The van der Waals surface area contributed by atoms with Crippen molar-refractivity contribution < 1.29 is 8.85 Å². The second-order valence-electron chi connectivity index (χ2n) is 1.40. The molecule has 0 radical (unpaired) electrons. The van der Waals surface area contributed by atoms with Gasteiger partial charge in [-0.1, -0.05) is 15.3 Å². The van der Waals surface area contributed by atoms with Crippen LogP contribution in [0.25, 0.3) is 0 Å². The van der Waals surface area contributed by atoms with E-state index < -0.39 is 7.18 Å². The van der Waals surface area contributed by atoms with Crippen LogP contribution in [0.5, 0.6) is 0 Å². The molecule has 5 heteroatoms. The molecule has 0 aliphatic rings. The van der Waals surface area contributed by atoms with Crippen molar-refractivity contribution in [2.75, 3.05) is 14.2 Å². The van der Waals surface area contributed by atoms with E-state index in [2.05, 4.69) is 15.3 Å². The Morgan fingerprint density at radius 1 is 1.56 bits per heavy atom. The maximum atomic E-state index is 8.26. The van der Waals surface area contributed by atoms with Crippen LogP contribution in [0.1, 0.15) is 0 Å². The standard InChI is InChI=1S/C4H8BrNO2Si/c1-7-9(5,8-2)4-3-6/h4H2,1-2H3. The van der Waals surface area contributed by atoms with E-state index in [9.17, 15) is 0 Å². The van der Waals surface area contributed by atoms with Crippen molar-refractivity contribution in [1.29, 1.82) is 5.26 Å². The van der Waals surface area contributed by atoms with E-state index in [-0.39, 0.29) is 0 Å². The third-order valence-corrected chi connectivity index (χ3v) is 5.48. The summed E-state index contributed by atoms with van der Waals surface area (Å²) in [6, 6.07) is 2.28. The number of hydrogen-bond acceptors (Lipinski definition) is 3. The van der Waals surface area contributed by atoms with E-state index in [4.69, 9.17) is 14.1 Å². The Morgan fingerprint density at radius 2 is 2.00 bits per heavy atom. The highest BCUT2D eigenvalue weighted by Crippen LogP contribution is 2.17. The summed E-state index contributed by atoms with van der Waals surface area (Å²) in [7, 11) is 0.813. The first-order chi connectivity index (χ1) is 4.18. The van der Waals surface area contributed by atoms with Crippen LogP contribution < -0.4 is 0 Å². The van der Waals surface area contributed by atoms with Crippen LogP contribution in [-0.4, -0.2) is 21.4 Å². The van der Waals surface area contributed by atoms with Crippen molar-refractivity contribution in [2.24, 2.45) is 0 Å². The molecule has 0 bridgehead atoms. The lowest BCUT2D eigenvalue weighted by Crippen LogP contribution is -2.31. The zero-order chi connectivity index (χ0) is 7.33. The molecule has 3 nitrogen and oxygen atoms in total. The SMILES string of the molecule is CO[Si](Br)(CC#N)OC. The van der Waals surface area contributed by atoms with Crippen LogP contribution >= 0.6 is 15.3 Å². The quantitative estimate of drug-likeness (QED) is 0.518. The van der Waals surface area contributed by atoms with E-state index in [1.165, 1.54) is 14.2 Å². The summed E-state index contributed by atoms with van der Waals surface area (Å²) in [5, 5.41) is 8.26. The minimum Gasteiger partial charge on any atom is -0.389 e. The fourth-order valence-corrected chi connectivity index (χ4v) is 1.34. The van der Waals surface area contributed by atoms with Gasteiger partial charge in [-0.15, -0.1) is 0 Å². The minimum absolute atomic E-state index is 0.306. The largest absolute Gasteiger partial charge is 0.428 e. The molecule has 0 unspecified atom stereocenters. The van der Waals surface area contributed by atoms with Crippen molar-refractivity contribution in [3.8, 4) is 6.07 Å². The minimum atomic E-state index is -2.25. The second kappa shape index (κ2) is 4.01. The lowest BCUT2D eigenvalue weighted by molar-refractivity contribution is 0.274. The van der Waals surface area contributed by atoms with Gasteiger partial charge >= 0.3 is 7.18 Å². The molecule has 0 aromatic carbocycles. The Kier molecular flexibility index (Phi) is 4.06. The van der Waals surface area contributed by atoms with Gasteiger partial charge in [-0.05, 0) is 0 Å². The Hall–Kier alpha value is 0.107. The second-order valence-corrected chi connectivity index (χ2v) is 7.52. The fourth-order valence-electron chi connectivity index (χ4n) is 0.322. The molecular formula is C4H8BrNO2Si. The molecule has 0 N–H and O–H groups in total. The van der Waals surface area contributed by atoms with Crippen molar-refractivity contribution in [1.82, 2.24) is 0 Å². The van der Waals surface area contributed by atoms with Gasteiger partial charge in [-0.25, -0.2) is 0 Å². The first-order valence-corrected chi connectivity index (χ1v) is 6.63. The molecule has 0 saturated carbocycles.